The van der Waals surface area contributed by atoms with E-state index in [0.29, 0.717) is 26.4 Å². The molecule has 0 saturated heterocycles. The summed E-state index contributed by atoms with van der Waals surface area (Å²) < 4.78 is 16.0. The van der Waals surface area contributed by atoms with Crippen LogP contribution in [0.3, 0.4) is 0 Å². The van der Waals surface area contributed by atoms with Crippen molar-refractivity contribution in [2.75, 3.05) is 33.0 Å². The van der Waals surface area contributed by atoms with Gasteiger partial charge in [-0.3, -0.25) is 0 Å². The molecular formula is C10H22O4. The summed E-state index contributed by atoms with van der Waals surface area (Å²) in [5.41, 5.74) is 0. The van der Waals surface area contributed by atoms with Crippen molar-refractivity contribution >= 4 is 0 Å². The smallest absolute Gasteiger partial charge is 0.109 e. The normalized spacial score (nSPS) is 15.4. The lowest BCUT2D eigenvalue weighted by Gasteiger charge is -2.24. The molecule has 0 aromatic rings. The minimum absolute atomic E-state index is 0.0361. The van der Waals surface area contributed by atoms with E-state index in [9.17, 15) is 0 Å². The van der Waals surface area contributed by atoms with Crippen molar-refractivity contribution in [3.63, 3.8) is 0 Å². The Hall–Kier alpha value is -0.160. The number of hydrogen-bond donors (Lipinski definition) is 1. The summed E-state index contributed by atoms with van der Waals surface area (Å²) in [7, 11) is 0. The Balaban J connectivity index is 3.97. The first-order valence-corrected chi connectivity index (χ1v) is 5.21. The zero-order valence-corrected chi connectivity index (χ0v) is 9.36. The van der Waals surface area contributed by atoms with Gasteiger partial charge in [-0.05, 0) is 20.8 Å². The second kappa shape index (κ2) is 9.40. The fourth-order valence-electron chi connectivity index (χ4n) is 1.20. The van der Waals surface area contributed by atoms with Crippen LogP contribution in [0, 0.1) is 0 Å². The molecule has 0 bridgehead atoms. The molecule has 4 heteroatoms. The first-order chi connectivity index (χ1) is 6.79. The molecule has 0 saturated carbocycles. The predicted molar refractivity (Wildman–Crippen MR) is 54.4 cm³/mol. The van der Waals surface area contributed by atoms with E-state index in [1.807, 2.05) is 20.8 Å². The standard InChI is InChI=1S/C10H22O4/c1-4-12-8-10(14-6-3)9(7-11)13-5-2/h9-11H,4-8H2,1-3H3. The number of ether oxygens (including phenoxy) is 3. The van der Waals surface area contributed by atoms with Crippen LogP contribution in [0.1, 0.15) is 20.8 Å². The van der Waals surface area contributed by atoms with E-state index in [4.69, 9.17) is 19.3 Å². The van der Waals surface area contributed by atoms with Crippen LogP contribution in [0.15, 0.2) is 0 Å². The molecule has 0 aromatic carbocycles. The number of hydrogen-bond acceptors (Lipinski definition) is 4. The van der Waals surface area contributed by atoms with Crippen molar-refractivity contribution in [3.8, 4) is 0 Å². The summed E-state index contributed by atoms with van der Waals surface area (Å²) in [4.78, 5) is 0. The first kappa shape index (κ1) is 13.8. The first-order valence-electron chi connectivity index (χ1n) is 5.21. The Morgan fingerprint density at radius 1 is 0.929 bits per heavy atom. The van der Waals surface area contributed by atoms with E-state index in [0.717, 1.165) is 0 Å². The average Bonchev–Trinajstić information content (AvgIpc) is 2.21. The molecule has 1 N–H and O–H groups in total. The predicted octanol–water partition coefficient (Wildman–Crippen LogP) is 0.825. The van der Waals surface area contributed by atoms with Crippen LogP contribution < -0.4 is 0 Å². The maximum absolute atomic E-state index is 9.09. The van der Waals surface area contributed by atoms with Gasteiger partial charge in [0.25, 0.3) is 0 Å². The number of aliphatic hydroxyl groups is 1. The molecule has 14 heavy (non-hydrogen) atoms. The van der Waals surface area contributed by atoms with Crippen LogP contribution in [-0.4, -0.2) is 50.3 Å². The Kier molecular flexibility index (Phi) is 9.29. The molecule has 0 amide bonds. The van der Waals surface area contributed by atoms with E-state index in [2.05, 4.69) is 0 Å². The van der Waals surface area contributed by atoms with E-state index in [-0.39, 0.29) is 18.8 Å². The molecule has 0 aliphatic heterocycles. The van der Waals surface area contributed by atoms with E-state index < -0.39 is 0 Å². The highest BCUT2D eigenvalue weighted by atomic mass is 16.6. The molecule has 0 heterocycles. The van der Waals surface area contributed by atoms with Gasteiger partial charge in [-0.15, -0.1) is 0 Å². The van der Waals surface area contributed by atoms with Gasteiger partial charge in [-0.2, -0.15) is 0 Å². The fraction of sp³-hybridized carbons (Fsp3) is 1.00. The summed E-state index contributed by atoms with van der Waals surface area (Å²) in [5, 5.41) is 9.09. The van der Waals surface area contributed by atoms with Gasteiger partial charge < -0.3 is 19.3 Å². The second-order valence-corrected chi connectivity index (χ2v) is 2.83. The van der Waals surface area contributed by atoms with Crippen LogP contribution in [0.2, 0.25) is 0 Å². The van der Waals surface area contributed by atoms with E-state index in [1.165, 1.54) is 0 Å². The SMILES string of the molecule is CCOCC(OCC)C(CO)OCC. The van der Waals surface area contributed by atoms with Gasteiger partial charge in [0, 0.05) is 19.8 Å². The highest BCUT2D eigenvalue weighted by Crippen LogP contribution is 2.05. The summed E-state index contributed by atoms with van der Waals surface area (Å²) >= 11 is 0. The van der Waals surface area contributed by atoms with Crippen LogP contribution in [0.25, 0.3) is 0 Å². The van der Waals surface area contributed by atoms with Gasteiger partial charge >= 0.3 is 0 Å². The quantitative estimate of drug-likeness (QED) is 0.607. The van der Waals surface area contributed by atoms with Crippen molar-refractivity contribution in [1.82, 2.24) is 0 Å². The van der Waals surface area contributed by atoms with Gasteiger partial charge in [0.15, 0.2) is 0 Å². The maximum atomic E-state index is 9.09. The molecule has 0 radical (unpaired) electrons. The van der Waals surface area contributed by atoms with Crippen molar-refractivity contribution in [2.45, 2.75) is 33.0 Å². The van der Waals surface area contributed by atoms with Gasteiger partial charge in [0.1, 0.15) is 12.2 Å². The molecule has 2 atom stereocenters. The lowest BCUT2D eigenvalue weighted by Crippen LogP contribution is -2.38. The Bertz CT molecular complexity index is 119. The van der Waals surface area contributed by atoms with E-state index in [1.54, 1.807) is 0 Å². The zero-order valence-electron chi connectivity index (χ0n) is 9.36. The lowest BCUT2D eigenvalue weighted by atomic mass is 10.2. The van der Waals surface area contributed by atoms with Crippen LogP contribution in [-0.2, 0) is 14.2 Å². The molecule has 0 spiro atoms. The maximum Gasteiger partial charge on any atom is 0.109 e. The molecule has 0 aliphatic carbocycles. The molecule has 0 fully saturated rings. The summed E-state index contributed by atoms with van der Waals surface area (Å²) in [6, 6.07) is 0. The highest BCUT2D eigenvalue weighted by Gasteiger charge is 2.21. The van der Waals surface area contributed by atoms with Crippen LogP contribution >= 0.6 is 0 Å². The molecule has 0 aromatic heterocycles. The number of aliphatic hydroxyl groups excluding tert-OH is 1. The van der Waals surface area contributed by atoms with Crippen LogP contribution in [0.4, 0.5) is 0 Å². The average molecular weight is 206 g/mol. The fourth-order valence-corrected chi connectivity index (χ4v) is 1.20. The molecular weight excluding hydrogens is 184 g/mol. The van der Waals surface area contributed by atoms with Gasteiger partial charge in [0.2, 0.25) is 0 Å². The Morgan fingerprint density at radius 2 is 1.50 bits per heavy atom. The van der Waals surface area contributed by atoms with Gasteiger partial charge in [-0.1, -0.05) is 0 Å². The lowest BCUT2D eigenvalue weighted by molar-refractivity contribution is -0.113. The molecule has 0 rings (SSSR count). The zero-order chi connectivity index (χ0) is 10.8. The minimum atomic E-state index is -0.286. The van der Waals surface area contributed by atoms with Crippen LogP contribution in [0.5, 0.6) is 0 Å². The third-order valence-corrected chi connectivity index (χ3v) is 1.84. The van der Waals surface area contributed by atoms with Crippen molar-refractivity contribution < 1.29 is 19.3 Å². The summed E-state index contributed by atoms with van der Waals surface area (Å²) in [5.74, 6) is 0. The van der Waals surface area contributed by atoms with Gasteiger partial charge in [-0.25, -0.2) is 0 Å². The van der Waals surface area contributed by atoms with Crippen molar-refractivity contribution in [1.29, 1.82) is 0 Å². The minimum Gasteiger partial charge on any atom is -0.394 e. The molecule has 4 nitrogen and oxygen atoms in total. The highest BCUT2D eigenvalue weighted by molar-refractivity contribution is 4.69. The third kappa shape index (κ3) is 5.54. The van der Waals surface area contributed by atoms with Crippen molar-refractivity contribution in [3.05, 3.63) is 0 Å². The molecule has 86 valence electrons. The Labute approximate surface area is 86.2 Å². The van der Waals surface area contributed by atoms with Crippen molar-refractivity contribution in [2.24, 2.45) is 0 Å². The monoisotopic (exact) mass is 206 g/mol. The molecule has 0 aliphatic rings. The van der Waals surface area contributed by atoms with Gasteiger partial charge in [0.05, 0.1) is 13.2 Å². The largest absolute Gasteiger partial charge is 0.394 e. The second-order valence-electron chi connectivity index (χ2n) is 2.83. The Morgan fingerprint density at radius 3 is 1.93 bits per heavy atom. The van der Waals surface area contributed by atoms with E-state index >= 15 is 0 Å². The third-order valence-electron chi connectivity index (χ3n) is 1.84. The summed E-state index contributed by atoms with van der Waals surface area (Å²) in [6.07, 6.45) is -0.462. The summed E-state index contributed by atoms with van der Waals surface area (Å²) in [6.45, 7) is 7.99. The molecule has 2 unspecified atom stereocenters. The number of rotatable bonds is 9. The topological polar surface area (TPSA) is 47.9 Å².